The van der Waals surface area contributed by atoms with Gasteiger partial charge in [-0.05, 0) is 49.8 Å². The summed E-state index contributed by atoms with van der Waals surface area (Å²) in [6.07, 6.45) is 5.88. The van der Waals surface area contributed by atoms with Crippen molar-refractivity contribution in [2.45, 2.75) is 36.6 Å². The number of rotatable bonds is 3. The predicted molar refractivity (Wildman–Crippen MR) is 67.5 cm³/mol. The van der Waals surface area contributed by atoms with E-state index in [0.29, 0.717) is 12.5 Å². The third kappa shape index (κ3) is 3.19. The molecule has 0 radical (unpaired) electrons. The van der Waals surface area contributed by atoms with Crippen LogP contribution in [0.15, 0.2) is 17.0 Å². The second-order valence-electron chi connectivity index (χ2n) is 4.44. The summed E-state index contributed by atoms with van der Waals surface area (Å²) in [7, 11) is 0. The van der Waals surface area contributed by atoms with E-state index in [0.717, 1.165) is 30.3 Å². The maximum Gasteiger partial charge on any atom is 0.139 e. The highest BCUT2D eigenvalue weighted by Crippen LogP contribution is 2.25. The fourth-order valence-electron chi connectivity index (χ4n) is 2.31. The summed E-state index contributed by atoms with van der Waals surface area (Å²) >= 11 is 1.11. The Morgan fingerprint density at radius 1 is 1.29 bits per heavy atom. The Morgan fingerprint density at radius 3 is 2.53 bits per heavy atom. The first kappa shape index (κ1) is 12.8. The van der Waals surface area contributed by atoms with Crippen molar-refractivity contribution < 1.29 is 8.78 Å². The number of thioether (sulfide) groups is 1. The van der Waals surface area contributed by atoms with Gasteiger partial charge in [0.25, 0.3) is 0 Å². The van der Waals surface area contributed by atoms with Gasteiger partial charge in [-0.1, -0.05) is 6.42 Å². The molecule has 4 heteroatoms. The molecule has 17 heavy (non-hydrogen) atoms. The molecule has 0 amide bonds. The molecular weight excluding hydrogens is 240 g/mol. The summed E-state index contributed by atoms with van der Waals surface area (Å²) < 4.78 is 27.2. The van der Waals surface area contributed by atoms with Crippen LogP contribution >= 0.6 is 11.8 Å². The Kier molecular flexibility index (Phi) is 4.40. The van der Waals surface area contributed by atoms with Gasteiger partial charge in [0.15, 0.2) is 0 Å². The van der Waals surface area contributed by atoms with E-state index in [4.69, 9.17) is 0 Å². The van der Waals surface area contributed by atoms with Crippen LogP contribution in [-0.2, 0) is 6.42 Å². The van der Waals surface area contributed by atoms with Gasteiger partial charge >= 0.3 is 0 Å². The normalized spacial score (nSPS) is 20.5. The van der Waals surface area contributed by atoms with E-state index >= 15 is 0 Å². The van der Waals surface area contributed by atoms with E-state index in [1.165, 1.54) is 25.0 Å². The lowest BCUT2D eigenvalue weighted by Gasteiger charge is -2.23. The lowest BCUT2D eigenvalue weighted by atomic mass is 9.98. The number of nitrogens with one attached hydrogen (secondary N) is 1. The third-order valence-electron chi connectivity index (χ3n) is 3.16. The molecule has 1 aromatic carbocycles. The number of hydrogen-bond acceptors (Lipinski definition) is 2. The summed E-state index contributed by atoms with van der Waals surface area (Å²) in [4.78, 5) is 0.116. The Hall–Kier alpha value is -0.610. The molecule has 0 spiro atoms. The van der Waals surface area contributed by atoms with Crippen molar-refractivity contribution >= 4 is 11.8 Å². The van der Waals surface area contributed by atoms with Crippen LogP contribution in [0.1, 0.15) is 24.8 Å². The number of piperidine rings is 1. The van der Waals surface area contributed by atoms with Gasteiger partial charge in [0.05, 0.1) is 4.90 Å². The Balaban J connectivity index is 2.10. The van der Waals surface area contributed by atoms with Crippen LogP contribution < -0.4 is 5.32 Å². The van der Waals surface area contributed by atoms with Crippen molar-refractivity contribution in [3.63, 3.8) is 0 Å². The smallest absolute Gasteiger partial charge is 0.139 e. The number of benzene rings is 1. The summed E-state index contributed by atoms with van der Waals surface area (Å²) in [6, 6.07) is 3.29. The maximum absolute atomic E-state index is 13.6. The van der Waals surface area contributed by atoms with Gasteiger partial charge in [-0.25, -0.2) is 8.78 Å². The first-order valence-corrected chi connectivity index (χ1v) is 7.18. The van der Waals surface area contributed by atoms with E-state index in [9.17, 15) is 8.78 Å². The first-order valence-electron chi connectivity index (χ1n) is 5.96. The lowest BCUT2D eigenvalue weighted by molar-refractivity contribution is 0.398. The van der Waals surface area contributed by atoms with Crippen molar-refractivity contribution in [3.05, 3.63) is 29.3 Å². The van der Waals surface area contributed by atoms with E-state index in [2.05, 4.69) is 5.32 Å². The Bertz CT molecular complexity index is 366. The molecule has 1 aromatic rings. The van der Waals surface area contributed by atoms with Crippen LogP contribution in [0, 0.1) is 11.6 Å². The van der Waals surface area contributed by atoms with Gasteiger partial charge in [0.2, 0.25) is 0 Å². The minimum absolute atomic E-state index is 0.116. The monoisotopic (exact) mass is 257 g/mol. The van der Waals surface area contributed by atoms with Gasteiger partial charge < -0.3 is 5.32 Å². The summed E-state index contributed by atoms with van der Waals surface area (Å²) in [6.45, 7) is 1.01. The summed E-state index contributed by atoms with van der Waals surface area (Å²) in [5, 5.41) is 3.38. The zero-order valence-electron chi connectivity index (χ0n) is 9.93. The molecule has 1 N–H and O–H groups in total. The minimum atomic E-state index is -0.441. The second-order valence-corrected chi connectivity index (χ2v) is 5.26. The lowest BCUT2D eigenvalue weighted by Crippen LogP contribution is -2.35. The Labute approximate surface area is 105 Å². The Morgan fingerprint density at radius 2 is 2.00 bits per heavy atom. The predicted octanol–water partition coefficient (Wildman–Crippen LogP) is 3.37. The van der Waals surface area contributed by atoms with Gasteiger partial charge in [0.1, 0.15) is 11.6 Å². The molecule has 0 aliphatic carbocycles. The topological polar surface area (TPSA) is 12.0 Å². The molecule has 1 aliphatic rings. The van der Waals surface area contributed by atoms with Crippen LogP contribution in [0.2, 0.25) is 0 Å². The quantitative estimate of drug-likeness (QED) is 0.833. The highest BCUT2D eigenvalue weighted by molar-refractivity contribution is 7.98. The van der Waals surface area contributed by atoms with Gasteiger partial charge in [-0.15, -0.1) is 11.8 Å². The molecular formula is C13H17F2NS. The van der Waals surface area contributed by atoms with Crippen LogP contribution in [0.5, 0.6) is 0 Å². The molecule has 0 bridgehead atoms. The molecule has 2 rings (SSSR count). The average molecular weight is 257 g/mol. The molecule has 1 saturated heterocycles. The molecule has 1 atom stereocenters. The zero-order chi connectivity index (χ0) is 12.3. The second kappa shape index (κ2) is 5.83. The molecule has 0 saturated carbocycles. The van der Waals surface area contributed by atoms with Gasteiger partial charge in [-0.2, -0.15) is 0 Å². The van der Waals surface area contributed by atoms with Crippen molar-refractivity contribution in [1.82, 2.24) is 5.32 Å². The van der Waals surface area contributed by atoms with Crippen LogP contribution in [0.4, 0.5) is 8.78 Å². The summed E-state index contributed by atoms with van der Waals surface area (Å²) in [5.74, 6) is -0.883. The van der Waals surface area contributed by atoms with E-state index in [-0.39, 0.29) is 4.90 Å². The number of hydrogen-bond donors (Lipinski definition) is 1. The number of halogens is 2. The van der Waals surface area contributed by atoms with Crippen LogP contribution in [-0.4, -0.2) is 18.8 Å². The van der Waals surface area contributed by atoms with Crippen molar-refractivity contribution in [2.75, 3.05) is 12.8 Å². The van der Waals surface area contributed by atoms with Gasteiger partial charge in [0, 0.05) is 6.04 Å². The molecule has 1 fully saturated rings. The highest BCUT2D eigenvalue weighted by Gasteiger charge is 2.16. The fraction of sp³-hybridized carbons (Fsp3) is 0.538. The molecule has 1 nitrogen and oxygen atoms in total. The van der Waals surface area contributed by atoms with Crippen LogP contribution in [0.25, 0.3) is 0 Å². The first-order chi connectivity index (χ1) is 8.20. The largest absolute Gasteiger partial charge is 0.314 e. The zero-order valence-corrected chi connectivity index (χ0v) is 10.7. The summed E-state index contributed by atoms with van der Waals surface area (Å²) in [5.41, 5.74) is 0.747. The minimum Gasteiger partial charge on any atom is -0.314 e. The molecule has 94 valence electrons. The van der Waals surface area contributed by atoms with E-state index in [1.54, 1.807) is 6.26 Å². The standard InChI is InChI=1S/C13H17F2NS/c1-17-13-11(14)7-9(8-12(13)15)6-10-4-2-3-5-16-10/h7-8,10,16H,2-6H2,1H3. The fourth-order valence-corrected chi connectivity index (χ4v) is 2.82. The van der Waals surface area contributed by atoms with E-state index in [1.807, 2.05) is 0 Å². The molecule has 1 unspecified atom stereocenters. The van der Waals surface area contributed by atoms with Crippen LogP contribution in [0.3, 0.4) is 0 Å². The highest BCUT2D eigenvalue weighted by atomic mass is 32.2. The SMILES string of the molecule is CSc1c(F)cc(CC2CCCCN2)cc1F. The van der Waals surface area contributed by atoms with Crippen molar-refractivity contribution in [2.24, 2.45) is 0 Å². The van der Waals surface area contributed by atoms with E-state index < -0.39 is 11.6 Å². The molecule has 1 aliphatic heterocycles. The third-order valence-corrected chi connectivity index (χ3v) is 3.95. The maximum atomic E-state index is 13.6. The van der Waals surface area contributed by atoms with Crippen molar-refractivity contribution in [1.29, 1.82) is 0 Å². The average Bonchev–Trinajstić information content (AvgIpc) is 2.30. The molecule has 0 aromatic heterocycles. The van der Waals surface area contributed by atoms with Crippen molar-refractivity contribution in [3.8, 4) is 0 Å². The van der Waals surface area contributed by atoms with Gasteiger partial charge in [-0.3, -0.25) is 0 Å². The molecule has 1 heterocycles.